The van der Waals surface area contributed by atoms with Crippen LogP contribution in [0.1, 0.15) is 227 Å². The largest absolute Gasteiger partial charge is 0.392 e. The average molecular weight is 1250 g/mol. The molecule has 0 aromatic heterocycles. The Bertz CT molecular complexity index is 3200. The fraction of sp³-hybridized carbons (Fsp3) is 0.610. The highest BCUT2D eigenvalue weighted by Crippen LogP contribution is 2.41. The number of Topliss-reactive ketones (excluding diaryl/α,β-unsaturated/α-hetero) is 5. The van der Waals surface area contributed by atoms with Gasteiger partial charge in [0.15, 0.2) is 17.3 Å². The minimum atomic E-state index is -0.425. The molecule has 7 aliphatic carbocycles. The molecule has 14 nitrogen and oxygen atoms in total. The second-order valence-electron chi connectivity index (χ2n) is 32.1. The predicted molar refractivity (Wildman–Crippen MR) is 375 cm³/mol. The summed E-state index contributed by atoms with van der Waals surface area (Å²) in [6, 6.07) is 20.4. The quantitative estimate of drug-likeness (QED) is 0.237. The number of aliphatic hydroxyl groups is 2. The molecule has 0 amide bonds. The Morgan fingerprint density at radius 1 is 0.407 bits per heavy atom. The van der Waals surface area contributed by atoms with E-state index in [0.717, 1.165) is 102 Å². The molecule has 4 saturated carbocycles. The molecule has 6 unspecified atom stereocenters. The van der Waals surface area contributed by atoms with Gasteiger partial charge in [-0.25, -0.2) is 0 Å². The molecular formula is C77H111N7O7. The van der Waals surface area contributed by atoms with Crippen LogP contribution in [0.15, 0.2) is 126 Å². The van der Waals surface area contributed by atoms with E-state index >= 15 is 0 Å². The standard InChI is InChI=1S/C18H32N2O2.C18H24N2O2.C16H21NO.C16H19NO.C9H15NO/c2*1-11-7-13(9-17(3,4)15(11)21)19-20-14-8-12(2)16(22)18(5,6)10-14;2*1-12-9-14(10-16(2,3)15(12)18)17-11-13-7-5-4-6-8-13;1-6-4-7(10)5-9(2,3)8(6)11/h11-12,15-16,21-22H,7-10H2,1-6H3;7-8H,9-10H2,1-6H3;4-8,12H,9-11H2,1-3H3;4-9H,10-11H2,1-3H3;6,10H,4-5H2,1-3H3. The van der Waals surface area contributed by atoms with Crippen LogP contribution in [0.2, 0.25) is 0 Å². The van der Waals surface area contributed by atoms with Crippen molar-refractivity contribution in [1.82, 2.24) is 0 Å². The van der Waals surface area contributed by atoms with Crippen molar-refractivity contribution in [3.05, 3.63) is 107 Å². The first-order valence-electron chi connectivity index (χ1n) is 33.0. The van der Waals surface area contributed by atoms with E-state index in [9.17, 15) is 34.2 Å². The number of benzene rings is 2. The maximum Gasteiger partial charge on any atom is 0.164 e. The lowest BCUT2D eigenvalue weighted by Gasteiger charge is -2.40. The first kappa shape index (κ1) is 75.3. The molecule has 14 heteroatoms. The minimum absolute atomic E-state index is 0.0613. The van der Waals surface area contributed by atoms with E-state index in [2.05, 4.69) is 91.2 Å². The van der Waals surface area contributed by atoms with Crippen LogP contribution >= 0.6 is 0 Å². The molecule has 6 atom stereocenters. The molecule has 4 fully saturated rings. The van der Waals surface area contributed by atoms with E-state index in [1.54, 1.807) is 0 Å². The topological polar surface area (TPSA) is 224 Å². The third kappa shape index (κ3) is 21.1. The second-order valence-corrected chi connectivity index (χ2v) is 32.1. The predicted octanol–water partition coefficient (Wildman–Crippen LogP) is 16.3. The lowest BCUT2D eigenvalue weighted by Crippen LogP contribution is -2.42. The SMILES string of the molecule is CC1=CC(=NCc2ccccc2)CC(C)(C)C1=O.CC1=CC(=NN=C2C=C(C)C(=O)C(C)(C)C2)CC(C)(C)C1=O.CC1CC(=N)CC(C)(C)C1=O.CC1CC(=NCc2ccccc2)CC(C)(C)C1=O.CC1CC(=NN=C2CC(C)C(O)C(C)(C)C2)CC(C)(C)C1O. The second kappa shape index (κ2) is 30.6. The fourth-order valence-corrected chi connectivity index (χ4v) is 14.2. The fourth-order valence-electron chi connectivity index (χ4n) is 14.2. The van der Waals surface area contributed by atoms with Gasteiger partial charge < -0.3 is 15.6 Å². The third-order valence-corrected chi connectivity index (χ3v) is 19.0. The number of nitrogens with one attached hydrogen (secondary N) is 1. The van der Waals surface area contributed by atoms with Gasteiger partial charge in [0.1, 0.15) is 11.6 Å². The number of ketones is 5. The number of hydrogen-bond acceptors (Lipinski definition) is 14. The first-order chi connectivity index (χ1) is 42.0. The van der Waals surface area contributed by atoms with Crippen LogP contribution in [0.25, 0.3) is 0 Å². The van der Waals surface area contributed by atoms with Crippen molar-refractivity contribution in [2.45, 2.75) is 241 Å². The van der Waals surface area contributed by atoms with Gasteiger partial charge in [0.05, 0.1) is 36.7 Å². The Hall–Kier alpha value is -6.38. The summed E-state index contributed by atoms with van der Waals surface area (Å²) >= 11 is 0. The summed E-state index contributed by atoms with van der Waals surface area (Å²) < 4.78 is 0. The van der Waals surface area contributed by atoms with Crippen LogP contribution in [0.3, 0.4) is 0 Å². The van der Waals surface area contributed by atoms with Crippen molar-refractivity contribution in [3.63, 3.8) is 0 Å². The van der Waals surface area contributed by atoms with Gasteiger partial charge in [-0.2, -0.15) is 20.4 Å². The van der Waals surface area contributed by atoms with Crippen molar-refractivity contribution >= 4 is 68.9 Å². The summed E-state index contributed by atoms with van der Waals surface area (Å²) in [7, 11) is 0. The zero-order chi connectivity index (χ0) is 68.4. The average Bonchev–Trinajstić information content (AvgIpc) is 1.24. The molecule has 2 aromatic rings. The number of allylic oxidation sites excluding steroid dienone is 6. The maximum absolute atomic E-state index is 12.1. The molecular weight excluding hydrogens is 1130 g/mol. The Kier molecular flexibility index (Phi) is 25.3. The summed E-state index contributed by atoms with van der Waals surface area (Å²) in [6.45, 7) is 43.0. The smallest absolute Gasteiger partial charge is 0.164 e. The van der Waals surface area contributed by atoms with E-state index < -0.39 is 10.8 Å². The van der Waals surface area contributed by atoms with Crippen molar-refractivity contribution in [3.8, 4) is 0 Å². The van der Waals surface area contributed by atoms with Gasteiger partial charge in [0.25, 0.3) is 0 Å². The number of carbonyl (C=O) groups excluding carboxylic acids is 5. The van der Waals surface area contributed by atoms with Crippen LogP contribution in [-0.2, 0) is 37.1 Å². The monoisotopic (exact) mass is 1250 g/mol. The molecule has 0 bridgehead atoms. The highest BCUT2D eigenvalue weighted by molar-refractivity contribution is 6.15. The lowest BCUT2D eigenvalue weighted by molar-refractivity contribution is -0.131. The molecule has 496 valence electrons. The van der Waals surface area contributed by atoms with E-state index in [0.29, 0.717) is 43.8 Å². The van der Waals surface area contributed by atoms with E-state index in [1.807, 2.05) is 158 Å². The maximum atomic E-state index is 12.1. The molecule has 0 radical (unpaired) electrons. The molecule has 0 saturated heterocycles. The Morgan fingerprint density at radius 3 is 1.10 bits per heavy atom. The van der Waals surface area contributed by atoms with Crippen molar-refractivity contribution in [1.29, 1.82) is 5.41 Å². The summed E-state index contributed by atoms with van der Waals surface area (Å²) in [5, 5.41) is 45.7. The highest BCUT2D eigenvalue weighted by atomic mass is 16.3. The number of aliphatic hydroxyl groups excluding tert-OH is 2. The van der Waals surface area contributed by atoms with Gasteiger partial charge in [-0.1, -0.05) is 185 Å². The Balaban J connectivity index is 0.000000210. The van der Waals surface area contributed by atoms with Crippen molar-refractivity contribution < 1.29 is 34.2 Å². The van der Waals surface area contributed by atoms with Crippen LogP contribution in [0.4, 0.5) is 0 Å². The number of aliphatic imine (C=N–C) groups is 2. The lowest BCUT2D eigenvalue weighted by atomic mass is 9.69. The number of hydrogen-bond donors (Lipinski definition) is 3. The van der Waals surface area contributed by atoms with Crippen molar-refractivity contribution in [2.75, 3.05) is 0 Å². The third-order valence-electron chi connectivity index (χ3n) is 19.0. The zero-order valence-electron chi connectivity index (χ0n) is 59.3. The number of nitrogens with zero attached hydrogens (tertiary/aromatic N) is 6. The first-order valence-corrected chi connectivity index (χ1v) is 33.0. The molecule has 2 aromatic carbocycles. The van der Waals surface area contributed by atoms with Crippen LogP contribution in [-0.4, -0.2) is 91.3 Å². The molecule has 0 spiro atoms. The Morgan fingerprint density at radius 2 is 0.747 bits per heavy atom. The summed E-state index contributed by atoms with van der Waals surface area (Å²) in [6.07, 6.45) is 13.1. The summed E-state index contributed by atoms with van der Waals surface area (Å²) in [4.78, 5) is 68.9. The van der Waals surface area contributed by atoms with Gasteiger partial charge in [-0.15, -0.1) is 0 Å². The summed E-state index contributed by atoms with van der Waals surface area (Å²) in [5.41, 5.74) is 9.49. The normalized spacial score (nSPS) is 29.7. The summed E-state index contributed by atoms with van der Waals surface area (Å²) in [5.74, 6) is 1.89. The van der Waals surface area contributed by atoms with Gasteiger partial charge in [-0.3, -0.25) is 34.0 Å². The van der Waals surface area contributed by atoms with Crippen LogP contribution < -0.4 is 0 Å². The molecule has 0 aliphatic heterocycles. The molecule has 91 heavy (non-hydrogen) atoms. The van der Waals surface area contributed by atoms with Gasteiger partial charge in [-0.05, 0) is 141 Å². The van der Waals surface area contributed by atoms with Gasteiger partial charge in [0.2, 0.25) is 0 Å². The minimum Gasteiger partial charge on any atom is -0.392 e. The highest BCUT2D eigenvalue weighted by Gasteiger charge is 2.42. The van der Waals surface area contributed by atoms with Crippen LogP contribution in [0, 0.1) is 67.0 Å². The van der Waals surface area contributed by atoms with Gasteiger partial charge in [0, 0.05) is 86.7 Å². The van der Waals surface area contributed by atoms with E-state index in [4.69, 9.17) is 10.4 Å². The Labute approximate surface area is 546 Å². The van der Waals surface area contributed by atoms with Gasteiger partial charge >= 0.3 is 0 Å². The van der Waals surface area contributed by atoms with Crippen LogP contribution in [0.5, 0.6) is 0 Å². The van der Waals surface area contributed by atoms with E-state index in [1.165, 1.54) is 16.8 Å². The number of carbonyl (C=O) groups is 5. The molecule has 0 heterocycles. The van der Waals surface area contributed by atoms with E-state index in [-0.39, 0.29) is 80.3 Å². The molecule has 3 N–H and O–H groups in total. The van der Waals surface area contributed by atoms with Crippen molar-refractivity contribution in [2.24, 2.45) is 92.0 Å². The zero-order valence-corrected chi connectivity index (χ0v) is 59.3. The molecule has 9 rings (SSSR count). The molecule has 7 aliphatic rings. The number of rotatable bonds is 6.